The summed E-state index contributed by atoms with van der Waals surface area (Å²) in [6, 6.07) is 2.80. The first-order chi connectivity index (χ1) is 8.77. The van der Waals surface area contributed by atoms with Crippen molar-refractivity contribution >= 4 is 11.3 Å². The molecule has 0 atom stereocenters. The quantitative estimate of drug-likeness (QED) is 0.853. The number of hydrogen-bond acceptors (Lipinski definition) is 4. The number of aryl methyl sites for hydroxylation is 2. The van der Waals surface area contributed by atoms with Crippen LogP contribution in [0.15, 0.2) is 16.9 Å². The van der Waals surface area contributed by atoms with Crippen molar-refractivity contribution in [3.63, 3.8) is 0 Å². The lowest BCUT2D eigenvalue weighted by molar-refractivity contribution is -0.141. The molecule has 8 heteroatoms. The molecule has 102 valence electrons. The highest BCUT2D eigenvalue weighted by Gasteiger charge is 2.37. The normalized spacial score (nSPS) is 11.8. The molecule has 19 heavy (non-hydrogen) atoms. The number of thiazole rings is 1. The number of nitrogens with zero attached hydrogens (tertiary/aromatic N) is 3. The van der Waals surface area contributed by atoms with E-state index >= 15 is 0 Å². The van der Waals surface area contributed by atoms with Crippen LogP contribution in [0.25, 0.3) is 0 Å². The van der Waals surface area contributed by atoms with Gasteiger partial charge in [-0.2, -0.15) is 18.3 Å². The molecule has 0 unspecified atom stereocenters. The molecule has 2 aromatic heterocycles. The first-order valence-electron chi connectivity index (χ1n) is 5.35. The van der Waals surface area contributed by atoms with Gasteiger partial charge in [0, 0.05) is 6.07 Å². The Morgan fingerprint density at radius 1 is 1.32 bits per heavy atom. The minimum atomic E-state index is -4.52. The third kappa shape index (κ3) is 3.01. The smallest absolute Gasteiger partial charge is 0.268 e. The molecule has 0 saturated heterocycles. The molecule has 0 aliphatic carbocycles. The lowest BCUT2D eigenvalue weighted by atomic mass is 10.3. The van der Waals surface area contributed by atoms with Crippen molar-refractivity contribution in [2.75, 3.05) is 0 Å². The maximum atomic E-state index is 12.8. The van der Waals surface area contributed by atoms with Crippen LogP contribution < -0.4 is 5.56 Å². The third-order valence-electron chi connectivity index (χ3n) is 2.37. The molecule has 0 aliphatic heterocycles. The topological polar surface area (TPSA) is 47.8 Å². The molecule has 0 aliphatic rings. The van der Waals surface area contributed by atoms with Crippen molar-refractivity contribution in [1.82, 2.24) is 14.8 Å². The second kappa shape index (κ2) is 4.76. The molecule has 2 aromatic rings. The number of aromatic nitrogens is 3. The molecule has 0 aromatic carbocycles. The zero-order valence-corrected chi connectivity index (χ0v) is 11.0. The van der Waals surface area contributed by atoms with Crippen LogP contribution in [0, 0.1) is 13.8 Å². The molecule has 0 radical (unpaired) electrons. The summed E-state index contributed by atoms with van der Waals surface area (Å²) in [5, 5.41) is 4.22. The summed E-state index contributed by atoms with van der Waals surface area (Å²) in [6.45, 7) is 2.94. The van der Waals surface area contributed by atoms with Crippen molar-refractivity contribution in [2.24, 2.45) is 0 Å². The molecule has 2 heterocycles. The van der Waals surface area contributed by atoms with Gasteiger partial charge in [0.15, 0.2) is 5.69 Å². The Morgan fingerprint density at radius 3 is 2.63 bits per heavy atom. The van der Waals surface area contributed by atoms with Crippen LogP contribution in [0.3, 0.4) is 0 Å². The molecule has 2 rings (SSSR count). The summed E-state index contributed by atoms with van der Waals surface area (Å²) in [5.41, 5.74) is -0.815. The van der Waals surface area contributed by atoms with Crippen LogP contribution in [0.4, 0.5) is 13.2 Å². The van der Waals surface area contributed by atoms with Gasteiger partial charge in [0.05, 0.1) is 22.1 Å². The van der Waals surface area contributed by atoms with E-state index < -0.39 is 17.4 Å². The summed E-state index contributed by atoms with van der Waals surface area (Å²) < 4.78 is 39.4. The Bertz CT molecular complexity index is 660. The maximum absolute atomic E-state index is 12.8. The lowest BCUT2D eigenvalue weighted by Crippen LogP contribution is -2.23. The van der Waals surface area contributed by atoms with Gasteiger partial charge in [-0.25, -0.2) is 9.67 Å². The molecule has 0 amide bonds. The van der Waals surface area contributed by atoms with E-state index in [-0.39, 0.29) is 11.4 Å². The second-order valence-corrected chi connectivity index (χ2v) is 5.26. The SMILES string of the molecule is Cc1ccc(=O)n(Cc2sc(C)nc2C(F)(F)F)n1. The molecule has 0 saturated carbocycles. The zero-order valence-electron chi connectivity index (χ0n) is 10.2. The molecule has 0 N–H and O–H groups in total. The van der Waals surface area contributed by atoms with Crippen molar-refractivity contribution in [3.8, 4) is 0 Å². The number of rotatable bonds is 2. The van der Waals surface area contributed by atoms with E-state index in [1.165, 1.54) is 19.1 Å². The Balaban J connectivity index is 2.44. The number of hydrogen-bond donors (Lipinski definition) is 0. The van der Waals surface area contributed by atoms with E-state index in [0.717, 1.165) is 16.0 Å². The van der Waals surface area contributed by atoms with Crippen LogP contribution in [0.2, 0.25) is 0 Å². The monoisotopic (exact) mass is 289 g/mol. The first kappa shape index (κ1) is 13.7. The summed E-state index contributed by atoms with van der Waals surface area (Å²) in [4.78, 5) is 15.0. The molecule has 0 fully saturated rings. The fourth-order valence-corrected chi connectivity index (χ4v) is 2.54. The van der Waals surface area contributed by atoms with Crippen LogP contribution in [-0.4, -0.2) is 14.8 Å². The van der Waals surface area contributed by atoms with E-state index in [2.05, 4.69) is 10.1 Å². The van der Waals surface area contributed by atoms with Gasteiger partial charge in [-0.15, -0.1) is 11.3 Å². The molecular formula is C11H10F3N3OS. The Hall–Kier alpha value is -1.70. The van der Waals surface area contributed by atoms with Crippen LogP contribution in [0.5, 0.6) is 0 Å². The van der Waals surface area contributed by atoms with E-state index in [0.29, 0.717) is 10.7 Å². The number of alkyl halides is 3. The minimum absolute atomic E-state index is 0.00907. The highest BCUT2D eigenvalue weighted by molar-refractivity contribution is 7.11. The van der Waals surface area contributed by atoms with Crippen LogP contribution >= 0.6 is 11.3 Å². The van der Waals surface area contributed by atoms with Gasteiger partial charge in [0.2, 0.25) is 0 Å². The Morgan fingerprint density at radius 2 is 2.00 bits per heavy atom. The summed E-state index contributed by atoms with van der Waals surface area (Å²) in [6.07, 6.45) is -4.52. The fraction of sp³-hybridized carbons (Fsp3) is 0.364. The summed E-state index contributed by atoms with van der Waals surface area (Å²) in [5.74, 6) is 0. The predicted molar refractivity (Wildman–Crippen MR) is 64.2 cm³/mol. The molecular weight excluding hydrogens is 279 g/mol. The van der Waals surface area contributed by atoms with Crippen molar-refractivity contribution in [1.29, 1.82) is 0 Å². The highest BCUT2D eigenvalue weighted by atomic mass is 32.1. The van der Waals surface area contributed by atoms with Gasteiger partial charge >= 0.3 is 6.18 Å². The average molecular weight is 289 g/mol. The fourth-order valence-electron chi connectivity index (χ4n) is 1.60. The van der Waals surface area contributed by atoms with E-state index in [1.54, 1.807) is 6.92 Å². The van der Waals surface area contributed by atoms with Gasteiger partial charge in [-0.1, -0.05) is 0 Å². The molecule has 0 spiro atoms. The van der Waals surface area contributed by atoms with Crippen molar-refractivity contribution < 1.29 is 13.2 Å². The largest absolute Gasteiger partial charge is 0.434 e. The van der Waals surface area contributed by atoms with Gasteiger partial charge in [-0.05, 0) is 19.9 Å². The zero-order chi connectivity index (χ0) is 14.2. The maximum Gasteiger partial charge on any atom is 0.434 e. The van der Waals surface area contributed by atoms with E-state index in [4.69, 9.17) is 0 Å². The van der Waals surface area contributed by atoms with Crippen molar-refractivity contribution in [2.45, 2.75) is 26.6 Å². The van der Waals surface area contributed by atoms with Gasteiger partial charge < -0.3 is 0 Å². The minimum Gasteiger partial charge on any atom is -0.268 e. The van der Waals surface area contributed by atoms with E-state index in [9.17, 15) is 18.0 Å². The van der Waals surface area contributed by atoms with Gasteiger partial charge in [-0.3, -0.25) is 4.79 Å². The van der Waals surface area contributed by atoms with Crippen LogP contribution in [-0.2, 0) is 12.7 Å². The molecule has 4 nitrogen and oxygen atoms in total. The third-order valence-corrected chi connectivity index (χ3v) is 3.32. The second-order valence-electron chi connectivity index (χ2n) is 3.97. The molecule has 0 bridgehead atoms. The average Bonchev–Trinajstić information content (AvgIpc) is 2.65. The van der Waals surface area contributed by atoms with Crippen molar-refractivity contribution in [3.05, 3.63) is 43.8 Å². The summed E-state index contributed by atoms with van der Waals surface area (Å²) in [7, 11) is 0. The Labute approximate surface area is 110 Å². The van der Waals surface area contributed by atoms with E-state index in [1.807, 2.05) is 0 Å². The lowest BCUT2D eigenvalue weighted by Gasteiger charge is -2.07. The highest BCUT2D eigenvalue weighted by Crippen LogP contribution is 2.34. The van der Waals surface area contributed by atoms with Crippen LogP contribution in [0.1, 0.15) is 21.3 Å². The first-order valence-corrected chi connectivity index (χ1v) is 6.17. The Kier molecular flexibility index (Phi) is 3.44. The summed E-state index contributed by atoms with van der Waals surface area (Å²) >= 11 is 0.920. The standard InChI is InChI=1S/C11H10F3N3OS/c1-6-3-4-9(18)17(16-6)5-8-10(11(12,13)14)15-7(2)19-8/h3-4H,5H2,1-2H3. The van der Waals surface area contributed by atoms with Gasteiger partial charge in [0.25, 0.3) is 5.56 Å². The predicted octanol–water partition coefficient (Wildman–Crippen LogP) is 2.38. The number of halogens is 3. The van der Waals surface area contributed by atoms with Gasteiger partial charge in [0.1, 0.15) is 0 Å².